The molecule has 0 radical (unpaired) electrons. The molecule has 10 heteroatoms. The summed E-state index contributed by atoms with van der Waals surface area (Å²) in [5, 5.41) is 37.9. The van der Waals surface area contributed by atoms with Crippen molar-refractivity contribution in [2.45, 2.75) is 43.7 Å². The Balaban J connectivity index is 1.04. The third kappa shape index (κ3) is 7.15. The van der Waals surface area contributed by atoms with Gasteiger partial charge in [-0.1, -0.05) is 48.5 Å². The average Bonchev–Trinajstić information content (AvgIpc) is 3.09. The van der Waals surface area contributed by atoms with Gasteiger partial charge in [-0.25, -0.2) is 4.79 Å². The number of ether oxygens (including phenoxy) is 1. The minimum absolute atomic E-state index is 0.0303. The highest BCUT2D eigenvalue weighted by molar-refractivity contribution is 5.87. The number of carbonyl (C=O) groups is 1. The van der Waals surface area contributed by atoms with Crippen molar-refractivity contribution in [3.05, 3.63) is 106 Å². The van der Waals surface area contributed by atoms with Crippen molar-refractivity contribution in [1.29, 1.82) is 0 Å². The summed E-state index contributed by atoms with van der Waals surface area (Å²) in [6, 6.07) is 24.0. The van der Waals surface area contributed by atoms with Crippen molar-refractivity contribution in [3.8, 4) is 11.5 Å². The van der Waals surface area contributed by atoms with Crippen LogP contribution in [-0.2, 0) is 5.54 Å². The molecular weight excluding hydrogens is 596 g/mol. The predicted octanol–water partition coefficient (Wildman–Crippen LogP) is 4.96. The molecule has 3 fully saturated rings. The zero-order chi connectivity index (χ0) is 32.8. The molecule has 3 atom stereocenters. The Kier molecular flexibility index (Phi) is 10.1. The topological polar surface area (TPSA) is 147 Å². The van der Waals surface area contributed by atoms with E-state index in [1.807, 2.05) is 54.6 Å². The largest absolute Gasteiger partial charge is 0.506 e. The number of fused-ring (bicyclic) bond motifs is 4. The summed E-state index contributed by atoms with van der Waals surface area (Å²) in [5.74, 6) is 1.22. The maximum atomic E-state index is 12.4. The van der Waals surface area contributed by atoms with Gasteiger partial charge in [0.25, 0.3) is 0 Å². The lowest BCUT2D eigenvalue weighted by Gasteiger charge is -2.53. The molecule has 4 aromatic rings. The highest BCUT2D eigenvalue weighted by Crippen LogP contribution is 2.47. The lowest BCUT2D eigenvalue weighted by Crippen LogP contribution is -2.61. The van der Waals surface area contributed by atoms with Crippen LogP contribution in [0, 0.1) is 11.8 Å². The molecule has 10 nitrogen and oxygen atoms in total. The van der Waals surface area contributed by atoms with Gasteiger partial charge < -0.3 is 40.6 Å². The summed E-state index contributed by atoms with van der Waals surface area (Å²) in [7, 11) is 0. The molecule has 3 aliphatic rings. The number of aromatic amines is 1. The molecule has 1 unspecified atom stereocenters. The number of phenolic OH excluding ortho intramolecular Hbond substituents is 1. The minimum atomic E-state index is -1.04. The first-order valence-corrected chi connectivity index (χ1v) is 16.6. The molecule has 6 N–H and O–H groups in total. The first-order chi connectivity index (χ1) is 22.8. The summed E-state index contributed by atoms with van der Waals surface area (Å²) < 4.78 is 6.20. The summed E-state index contributed by atoms with van der Waals surface area (Å²) in [6.07, 6.45) is 2.99. The van der Waals surface area contributed by atoms with E-state index >= 15 is 0 Å². The van der Waals surface area contributed by atoms with Gasteiger partial charge in [0.1, 0.15) is 11.5 Å². The summed E-state index contributed by atoms with van der Waals surface area (Å²) in [4.78, 5) is 29.2. The van der Waals surface area contributed by atoms with E-state index in [0.717, 1.165) is 75.2 Å². The number of aromatic hydroxyl groups is 1. The smallest absolute Gasteiger partial charge is 0.405 e. The van der Waals surface area contributed by atoms with Crippen LogP contribution in [0.15, 0.2) is 83.7 Å². The van der Waals surface area contributed by atoms with Crippen LogP contribution in [0.3, 0.4) is 0 Å². The highest BCUT2D eigenvalue weighted by Gasteiger charge is 2.50. The first-order valence-electron chi connectivity index (χ1n) is 16.6. The molecule has 0 saturated carbocycles. The molecule has 7 rings (SSSR count). The second-order valence-electron chi connectivity index (χ2n) is 12.8. The number of hydrogen-bond acceptors (Lipinski definition) is 7. The van der Waals surface area contributed by atoms with Gasteiger partial charge in [-0.15, -0.1) is 0 Å². The molecule has 2 bridgehead atoms. The fraction of sp³-hybridized carbons (Fsp3) is 0.405. The SMILES string of the molecule is O=C(O)NC(c1ccccc1)(c1cccc(OCCCCCNC[C@H](O)c2ccc(O)c3[nH]c(=O)ccc23)c1)[C@H]1CN2CCC1CC2. The van der Waals surface area contributed by atoms with Crippen LogP contribution < -0.4 is 20.9 Å². The highest BCUT2D eigenvalue weighted by atomic mass is 16.5. The number of pyridine rings is 1. The van der Waals surface area contributed by atoms with E-state index in [9.17, 15) is 24.9 Å². The number of benzene rings is 3. The number of aliphatic hydroxyl groups is 1. The minimum Gasteiger partial charge on any atom is -0.506 e. The summed E-state index contributed by atoms with van der Waals surface area (Å²) >= 11 is 0. The van der Waals surface area contributed by atoms with E-state index in [4.69, 9.17) is 4.74 Å². The molecule has 0 aliphatic carbocycles. The Hall–Kier alpha value is -4.38. The van der Waals surface area contributed by atoms with Crippen LogP contribution in [0.4, 0.5) is 4.79 Å². The number of nitrogens with zero attached hydrogens (tertiary/aromatic N) is 1. The van der Waals surface area contributed by atoms with Gasteiger partial charge in [0.2, 0.25) is 5.56 Å². The second kappa shape index (κ2) is 14.6. The zero-order valence-electron chi connectivity index (χ0n) is 26.5. The number of unbranched alkanes of at least 4 members (excludes halogenated alkanes) is 2. The van der Waals surface area contributed by atoms with Crippen molar-refractivity contribution in [2.75, 3.05) is 39.3 Å². The van der Waals surface area contributed by atoms with E-state index in [0.29, 0.717) is 35.5 Å². The second-order valence-corrected chi connectivity index (χ2v) is 12.8. The molecule has 1 aromatic heterocycles. The zero-order valence-corrected chi connectivity index (χ0v) is 26.5. The Morgan fingerprint density at radius 2 is 1.77 bits per heavy atom. The molecule has 3 aromatic carbocycles. The molecular formula is C37H44N4O6. The van der Waals surface area contributed by atoms with Crippen LogP contribution >= 0.6 is 0 Å². The summed E-state index contributed by atoms with van der Waals surface area (Å²) in [6.45, 7) is 4.58. The lowest BCUT2D eigenvalue weighted by atomic mass is 9.63. The third-order valence-corrected chi connectivity index (χ3v) is 9.91. The molecule has 3 aliphatic heterocycles. The number of aromatic nitrogens is 1. The van der Waals surface area contributed by atoms with Crippen LogP contribution in [0.2, 0.25) is 0 Å². The molecule has 248 valence electrons. The maximum Gasteiger partial charge on any atom is 0.405 e. The standard InChI is InChI=1S/C37H44N4O6/c42-32-14-12-29(30-13-15-34(44)39-35(30)32)33(43)23-38-18-5-2-6-21-47-28-11-7-10-27(22-28)37(40-36(45)46,26-8-3-1-4-9-26)31-24-41-19-16-25(31)17-20-41/h1,3-4,7-15,22,25,31,33,38,40,42-43H,2,5-6,16-21,23-24H2,(H,39,44)(H,45,46)/t31-,33-,37?/m0/s1. The molecule has 47 heavy (non-hydrogen) atoms. The van der Waals surface area contributed by atoms with E-state index < -0.39 is 17.7 Å². The van der Waals surface area contributed by atoms with Gasteiger partial charge in [0, 0.05) is 30.5 Å². The maximum absolute atomic E-state index is 12.4. The fourth-order valence-electron chi connectivity index (χ4n) is 7.61. The monoisotopic (exact) mass is 640 g/mol. The van der Waals surface area contributed by atoms with Crippen LogP contribution in [0.5, 0.6) is 11.5 Å². The number of rotatable bonds is 14. The number of nitrogens with one attached hydrogen (secondary N) is 3. The van der Waals surface area contributed by atoms with Crippen molar-refractivity contribution >= 4 is 17.0 Å². The number of H-pyrrole nitrogens is 1. The van der Waals surface area contributed by atoms with Gasteiger partial charge in [-0.05, 0) is 98.6 Å². The Morgan fingerprint density at radius 1 is 0.979 bits per heavy atom. The number of carboxylic acid groups (broad SMARTS) is 1. The number of phenols is 1. The Labute approximate surface area is 274 Å². The first kappa shape index (κ1) is 32.6. The van der Waals surface area contributed by atoms with E-state index in [1.54, 1.807) is 12.1 Å². The predicted molar refractivity (Wildman–Crippen MR) is 181 cm³/mol. The van der Waals surface area contributed by atoms with Crippen LogP contribution in [-0.4, -0.2) is 70.6 Å². The Bertz CT molecular complexity index is 1720. The van der Waals surface area contributed by atoms with Gasteiger partial charge in [-0.2, -0.15) is 0 Å². The van der Waals surface area contributed by atoms with Gasteiger partial charge in [-0.3, -0.25) is 4.79 Å². The number of piperidine rings is 3. The van der Waals surface area contributed by atoms with Crippen molar-refractivity contribution < 1.29 is 24.9 Å². The number of hydrogen-bond donors (Lipinski definition) is 6. The van der Waals surface area contributed by atoms with Crippen LogP contribution in [0.1, 0.15) is 54.9 Å². The lowest BCUT2D eigenvalue weighted by molar-refractivity contribution is 0.00716. The quantitative estimate of drug-likeness (QED) is 0.106. The molecule has 1 amide bonds. The fourth-order valence-corrected chi connectivity index (χ4v) is 7.61. The van der Waals surface area contributed by atoms with Crippen molar-refractivity contribution in [1.82, 2.24) is 20.5 Å². The molecule has 0 spiro atoms. The average molecular weight is 641 g/mol. The van der Waals surface area contributed by atoms with Gasteiger partial charge in [0.05, 0.1) is 23.8 Å². The third-order valence-electron chi connectivity index (χ3n) is 9.91. The van der Waals surface area contributed by atoms with E-state index in [1.165, 1.54) is 12.1 Å². The van der Waals surface area contributed by atoms with Crippen molar-refractivity contribution in [3.63, 3.8) is 0 Å². The number of aliphatic hydroxyl groups excluding tert-OH is 1. The van der Waals surface area contributed by atoms with Crippen LogP contribution in [0.25, 0.3) is 10.9 Å². The Morgan fingerprint density at radius 3 is 2.51 bits per heavy atom. The van der Waals surface area contributed by atoms with Gasteiger partial charge in [0.15, 0.2) is 0 Å². The normalized spacial score (nSPS) is 20.8. The van der Waals surface area contributed by atoms with Gasteiger partial charge >= 0.3 is 6.09 Å². The number of amides is 1. The molecule has 3 saturated heterocycles. The molecule has 4 heterocycles. The van der Waals surface area contributed by atoms with E-state index in [-0.39, 0.29) is 17.2 Å². The van der Waals surface area contributed by atoms with Crippen molar-refractivity contribution in [2.24, 2.45) is 11.8 Å². The van der Waals surface area contributed by atoms with E-state index in [2.05, 4.69) is 20.5 Å². The summed E-state index contributed by atoms with van der Waals surface area (Å²) in [5.41, 5.74) is 1.61.